The van der Waals surface area contributed by atoms with Gasteiger partial charge in [0.05, 0.1) is 18.2 Å². The molecule has 7 heteroatoms. The fourth-order valence-corrected chi connectivity index (χ4v) is 3.71. The van der Waals surface area contributed by atoms with E-state index in [0.29, 0.717) is 28.5 Å². The van der Waals surface area contributed by atoms with E-state index in [1.165, 1.54) is 0 Å². The zero-order valence-corrected chi connectivity index (χ0v) is 19.9. The summed E-state index contributed by atoms with van der Waals surface area (Å²) < 4.78 is 5.52. The van der Waals surface area contributed by atoms with Gasteiger partial charge in [-0.25, -0.2) is 4.79 Å². The zero-order chi connectivity index (χ0) is 23.4. The van der Waals surface area contributed by atoms with Gasteiger partial charge in [-0.2, -0.15) is 0 Å². The lowest BCUT2D eigenvalue weighted by atomic mass is 9.95. The molecule has 0 radical (unpaired) electrons. The number of aryl methyl sites for hydroxylation is 1. The maximum Gasteiger partial charge on any atom is 0.338 e. The molecule has 0 aromatic heterocycles. The predicted octanol–water partition coefficient (Wildman–Crippen LogP) is 4.58. The number of ether oxygens (including phenoxy) is 1. The topological polar surface area (TPSA) is 70.7 Å². The molecule has 1 aliphatic rings. The van der Waals surface area contributed by atoms with Gasteiger partial charge in [-0.15, -0.1) is 0 Å². The lowest BCUT2D eigenvalue weighted by molar-refractivity contribution is -0.140. The Morgan fingerprint density at radius 2 is 1.78 bits per heavy atom. The number of carbonyl (C=O) groups excluding carboxylic acids is 2. The number of benzene rings is 2. The third-order valence-corrected chi connectivity index (χ3v) is 5.80. The Bertz CT molecular complexity index is 1060. The Morgan fingerprint density at radius 1 is 1.12 bits per heavy atom. The lowest BCUT2D eigenvalue weighted by Gasteiger charge is -2.35. The van der Waals surface area contributed by atoms with Crippen LogP contribution in [0.5, 0.6) is 0 Å². The van der Waals surface area contributed by atoms with Gasteiger partial charge in [-0.05, 0) is 61.3 Å². The Morgan fingerprint density at radius 3 is 2.41 bits per heavy atom. The highest BCUT2D eigenvalue weighted by Crippen LogP contribution is 2.31. The molecule has 0 saturated heterocycles. The van der Waals surface area contributed by atoms with Crippen LogP contribution in [0, 0.1) is 12.8 Å². The molecule has 2 N–H and O–H groups in total. The summed E-state index contributed by atoms with van der Waals surface area (Å²) in [6, 6.07) is 14.4. The number of hydrogen-bond acceptors (Lipinski definition) is 4. The minimum atomic E-state index is -0.431. The minimum absolute atomic E-state index is 0.164. The quantitative estimate of drug-likeness (QED) is 0.495. The molecule has 1 unspecified atom stereocenters. The third-order valence-electron chi connectivity index (χ3n) is 5.41. The van der Waals surface area contributed by atoms with Crippen LogP contribution in [0.3, 0.4) is 0 Å². The number of amides is 1. The summed E-state index contributed by atoms with van der Waals surface area (Å²) in [5, 5.41) is 6.69. The average molecular weight is 452 g/mol. The van der Waals surface area contributed by atoms with Crippen LogP contribution in [0.15, 0.2) is 59.8 Å². The van der Waals surface area contributed by atoms with Crippen molar-refractivity contribution in [2.75, 3.05) is 19.0 Å². The van der Waals surface area contributed by atoms with Crippen LogP contribution in [-0.4, -0.2) is 35.5 Å². The lowest BCUT2D eigenvalue weighted by Crippen LogP contribution is -2.46. The highest BCUT2D eigenvalue weighted by atomic mass is 32.1. The van der Waals surface area contributed by atoms with Gasteiger partial charge in [-0.3, -0.25) is 4.79 Å². The van der Waals surface area contributed by atoms with Crippen LogP contribution in [0.1, 0.15) is 48.3 Å². The molecule has 0 spiro atoms. The molecule has 3 rings (SSSR count). The summed E-state index contributed by atoms with van der Waals surface area (Å²) in [7, 11) is 1.82. The minimum Gasteiger partial charge on any atom is -0.462 e. The number of carbonyl (C=O) groups is 2. The van der Waals surface area contributed by atoms with Gasteiger partial charge < -0.3 is 20.3 Å². The average Bonchev–Trinajstić information content (AvgIpc) is 2.76. The first-order chi connectivity index (χ1) is 15.2. The van der Waals surface area contributed by atoms with E-state index in [1.807, 2.05) is 77.2 Å². The molecule has 32 heavy (non-hydrogen) atoms. The van der Waals surface area contributed by atoms with E-state index in [0.717, 1.165) is 16.8 Å². The Balaban J connectivity index is 1.83. The molecule has 2 aromatic rings. The van der Waals surface area contributed by atoms with Gasteiger partial charge >= 0.3 is 5.97 Å². The SMILES string of the molecule is CC1=C(C(=O)OCC(C)C)C(c2ccc(NC(=O)c3ccccc3C)cc2)NC(=S)N1C. The number of rotatable bonds is 6. The van der Waals surface area contributed by atoms with E-state index < -0.39 is 6.04 Å². The second kappa shape index (κ2) is 9.96. The van der Waals surface area contributed by atoms with Gasteiger partial charge in [0.25, 0.3) is 5.91 Å². The summed E-state index contributed by atoms with van der Waals surface area (Å²) >= 11 is 5.45. The van der Waals surface area contributed by atoms with Crippen LogP contribution in [0.25, 0.3) is 0 Å². The number of nitrogens with one attached hydrogen (secondary N) is 2. The highest BCUT2D eigenvalue weighted by Gasteiger charge is 2.33. The summed E-state index contributed by atoms with van der Waals surface area (Å²) in [6.07, 6.45) is 0. The Kier molecular flexibility index (Phi) is 7.30. The maximum absolute atomic E-state index is 12.9. The van der Waals surface area contributed by atoms with Crippen LogP contribution < -0.4 is 10.6 Å². The van der Waals surface area contributed by atoms with Crippen molar-refractivity contribution in [2.24, 2.45) is 5.92 Å². The molecule has 1 amide bonds. The van der Waals surface area contributed by atoms with Gasteiger partial charge in [0.2, 0.25) is 0 Å². The molecule has 1 heterocycles. The van der Waals surface area contributed by atoms with Crippen molar-refractivity contribution in [3.05, 3.63) is 76.5 Å². The summed E-state index contributed by atoms with van der Waals surface area (Å²) in [6.45, 7) is 8.11. The van der Waals surface area contributed by atoms with E-state index in [2.05, 4.69) is 10.6 Å². The van der Waals surface area contributed by atoms with Crippen molar-refractivity contribution in [2.45, 2.75) is 33.7 Å². The number of allylic oxidation sites excluding steroid dienone is 1. The van der Waals surface area contributed by atoms with E-state index in [4.69, 9.17) is 17.0 Å². The fourth-order valence-electron chi connectivity index (χ4n) is 3.46. The Labute approximate surface area is 194 Å². The van der Waals surface area contributed by atoms with Crippen LogP contribution >= 0.6 is 12.2 Å². The summed E-state index contributed by atoms with van der Waals surface area (Å²) in [4.78, 5) is 27.3. The van der Waals surface area contributed by atoms with Crippen LogP contribution in [0.4, 0.5) is 5.69 Å². The number of hydrogen-bond donors (Lipinski definition) is 2. The number of anilines is 1. The van der Waals surface area contributed by atoms with E-state index in [-0.39, 0.29) is 17.8 Å². The normalized spacial score (nSPS) is 16.1. The smallest absolute Gasteiger partial charge is 0.338 e. The molecule has 0 bridgehead atoms. The monoisotopic (exact) mass is 451 g/mol. The van der Waals surface area contributed by atoms with Crippen molar-refractivity contribution in [1.29, 1.82) is 0 Å². The number of nitrogens with zero attached hydrogens (tertiary/aromatic N) is 1. The maximum atomic E-state index is 12.9. The Hall–Kier alpha value is -3.19. The van der Waals surface area contributed by atoms with Crippen molar-refractivity contribution in [1.82, 2.24) is 10.2 Å². The largest absolute Gasteiger partial charge is 0.462 e. The molecule has 0 saturated carbocycles. The molecule has 2 aromatic carbocycles. The van der Waals surface area contributed by atoms with Crippen molar-refractivity contribution < 1.29 is 14.3 Å². The first-order valence-corrected chi connectivity index (χ1v) is 11.0. The van der Waals surface area contributed by atoms with E-state index in [1.54, 1.807) is 11.0 Å². The first-order valence-electron chi connectivity index (χ1n) is 10.6. The molecular weight excluding hydrogens is 422 g/mol. The molecule has 0 aliphatic carbocycles. The standard InChI is InChI=1S/C25H29N3O3S/c1-15(2)14-31-24(30)21-17(4)28(5)25(32)27-22(21)18-10-12-19(13-11-18)26-23(29)20-9-7-6-8-16(20)3/h6-13,15,22H,14H2,1-5H3,(H,26,29)(H,27,32). The molecule has 1 aliphatic heterocycles. The summed E-state index contributed by atoms with van der Waals surface area (Å²) in [5.41, 5.74) is 4.35. The first kappa shape index (κ1) is 23.5. The molecule has 6 nitrogen and oxygen atoms in total. The highest BCUT2D eigenvalue weighted by molar-refractivity contribution is 7.80. The zero-order valence-electron chi connectivity index (χ0n) is 19.1. The van der Waals surface area contributed by atoms with Crippen molar-refractivity contribution in [3.8, 4) is 0 Å². The van der Waals surface area contributed by atoms with Gasteiger partial charge in [-0.1, -0.05) is 44.2 Å². The van der Waals surface area contributed by atoms with Crippen molar-refractivity contribution >= 4 is 34.9 Å². The second-order valence-electron chi connectivity index (χ2n) is 8.32. The second-order valence-corrected chi connectivity index (χ2v) is 8.71. The fraction of sp³-hybridized carbons (Fsp3) is 0.320. The predicted molar refractivity (Wildman–Crippen MR) is 130 cm³/mol. The van der Waals surface area contributed by atoms with Crippen molar-refractivity contribution in [3.63, 3.8) is 0 Å². The van der Waals surface area contributed by atoms with E-state index >= 15 is 0 Å². The van der Waals surface area contributed by atoms with Gasteiger partial charge in [0.15, 0.2) is 5.11 Å². The molecule has 0 fully saturated rings. The van der Waals surface area contributed by atoms with Crippen LogP contribution in [-0.2, 0) is 9.53 Å². The summed E-state index contributed by atoms with van der Waals surface area (Å²) in [5.74, 6) is -0.284. The number of esters is 1. The molecular formula is C25H29N3O3S. The van der Waals surface area contributed by atoms with E-state index in [9.17, 15) is 9.59 Å². The van der Waals surface area contributed by atoms with Gasteiger partial charge in [0.1, 0.15) is 0 Å². The van der Waals surface area contributed by atoms with Crippen LogP contribution in [0.2, 0.25) is 0 Å². The number of thiocarbonyl (C=S) groups is 1. The third kappa shape index (κ3) is 5.16. The molecule has 168 valence electrons. The van der Waals surface area contributed by atoms with Gasteiger partial charge in [0, 0.05) is 24.0 Å². The molecule has 1 atom stereocenters.